The van der Waals surface area contributed by atoms with Crippen molar-refractivity contribution in [3.8, 4) is 0 Å². The molecular formula is C15H23NO3. The maximum atomic E-state index is 9.79. The zero-order valence-electron chi connectivity index (χ0n) is 11.5. The standard InChI is InChI=1S/C15H23NO3/c1-15(12-18,13-5-3-2-4-6-13)11-16-7-8-19-14(9-16)10-17/h2-6,14,17-18H,7-12H2,1H3. The van der Waals surface area contributed by atoms with Crippen LogP contribution in [0.15, 0.2) is 30.3 Å². The molecule has 1 fully saturated rings. The van der Waals surface area contributed by atoms with Crippen LogP contribution in [-0.2, 0) is 10.2 Å². The number of benzene rings is 1. The summed E-state index contributed by atoms with van der Waals surface area (Å²) in [5.41, 5.74) is 0.864. The molecule has 4 heteroatoms. The van der Waals surface area contributed by atoms with Crippen LogP contribution >= 0.6 is 0 Å². The first kappa shape index (κ1) is 14.5. The van der Waals surface area contributed by atoms with Gasteiger partial charge in [-0.2, -0.15) is 0 Å². The Balaban J connectivity index is 2.06. The fourth-order valence-electron chi connectivity index (χ4n) is 2.60. The number of hydrogen-bond donors (Lipinski definition) is 2. The predicted octanol–water partition coefficient (Wildman–Crippen LogP) is 0.630. The maximum absolute atomic E-state index is 9.79. The Morgan fingerprint density at radius 2 is 2.05 bits per heavy atom. The van der Waals surface area contributed by atoms with Crippen molar-refractivity contribution in [1.29, 1.82) is 0 Å². The van der Waals surface area contributed by atoms with Gasteiger partial charge in [0.05, 0.1) is 25.9 Å². The summed E-state index contributed by atoms with van der Waals surface area (Å²) >= 11 is 0. The highest BCUT2D eigenvalue weighted by Gasteiger charge is 2.31. The molecule has 0 bridgehead atoms. The summed E-state index contributed by atoms with van der Waals surface area (Å²) in [5, 5.41) is 19.0. The van der Waals surface area contributed by atoms with Crippen LogP contribution < -0.4 is 0 Å². The number of morpholine rings is 1. The van der Waals surface area contributed by atoms with Gasteiger partial charge in [-0.15, -0.1) is 0 Å². The van der Waals surface area contributed by atoms with Gasteiger partial charge in [0.15, 0.2) is 0 Å². The molecule has 1 aromatic rings. The second-order valence-electron chi connectivity index (χ2n) is 5.50. The first-order valence-corrected chi connectivity index (χ1v) is 6.79. The Hall–Kier alpha value is -0.940. The second kappa shape index (κ2) is 6.48. The van der Waals surface area contributed by atoms with Crippen LogP contribution in [0.1, 0.15) is 12.5 Å². The molecule has 19 heavy (non-hydrogen) atoms. The van der Waals surface area contributed by atoms with Gasteiger partial charge in [-0.25, -0.2) is 0 Å². The molecule has 1 aliphatic heterocycles. The fourth-order valence-corrected chi connectivity index (χ4v) is 2.60. The lowest BCUT2D eigenvalue weighted by Crippen LogP contribution is -2.50. The number of aliphatic hydroxyl groups excluding tert-OH is 2. The van der Waals surface area contributed by atoms with Crippen LogP contribution in [0.3, 0.4) is 0 Å². The van der Waals surface area contributed by atoms with Crippen molar-refractivity contribution < 1.29 is 14.9 Å². The quantitative estimate of drug-likeness (QED) is 0.820. The maximum Gasteiger partial charge on any atom is 0.0932 e. The van der Waals surface area contributed by atoms with Gasteiger partial charge in [0.1, 0.15) is 0 Å². The third kappa shape index (κ3) is 3.54. The van der Waals surface area contributed by atoms with Crippen LogP contribution in [0.4, 0.5) is 0 Å². The van der Waals surface area contributed by atoms with E-state index in [9.17, 15) is 10.2 Å². The number of hydrogen-bond acceptors (Lipinski definition) is 4. The smallest absolute Gasteiger partial charge is 0.0932 e. The highest BCUT2D eigenvalue weighted by Crippen LogP contribution is 2.25. The summed E-state index contributed by atoms with van der Waals surface area (Å²) in [6.45, 7) is 5.22. The van der Waals surface area contributed by atoms with E-state index in [0.29, 0.717) is 6.61 Å². The molecular weight excluding hydrogens is 242 g/mol. The van der Waals surface area contributed by atoms with Crippen molar-refractivity contribution in [1.82, 2.24) is 4.90 Å². The Bertz CT molecular complexity index is 384. The minimum absolute atomic E-state index is 0.0533. The van der Waals surface area contributed by atoms with Gasteiger partial charge < -0.3 is 14.9 Å². The lowest BCUT2D eigenvalue weighted by atomic mass is 9.82. The van der Waals surface area contributed by atoms with Crippen molar-refractivity contribution in [2.75, 3.05) is 39.5 Å². The van der Waals surface area contributed by atoms with Gasteiger partial charge in [-0.1, -0.05) is 37.3 Å². The third-order valence-corrected chi connectivity index (χ3v) is 3.82. The molecule has 2 N–H and O–H groups in total. The summed E-state index contributed by atoms with van der Waals surface area (Å²) in [4.78, 5) is 2.26. The van der Waals surface area contributed by atoms with E-state index in [1.165, 1.54) is 0 Å². The highest BCUT2D eigenvalue weighted by molar-refractivity contribution is 5.25. The van der Waals surface area contributed by atoms with E-state index >= 15 is 0 Å². The minimum atomic E-state index is -0.279. The van der Waals surface area contributed by atoms with Gasteiger partial charge >= 0.3 is 0 Å². The van der Waals surface area contributed by atoms with Crippen LogP contribution in [-0.4, -0.2) is 60.7 Å². The normalized spacial score (nSPS) is 24.1. The van der Waals surface area contributed by atoms with Crippen molar-refractivity contribution in [2.24, 2.45) is 0 Å². The summed E-state index contributed by atoms with van der Waals surface area (Å²) < 4.78 is 5.46. The molecule has 2 rings (SSSR count). The molecule has 2 atom stereocenters. The number of rotatable bonds is 5. The van der Waals surface area contributed by atoms with Crippen LogP contribution in [0.25, 0.3) is 0 Å². The molecule has 0 radical (unpaired) electrons. The van der Waals surface area contributed by atoms with Crippen molar-refractivity contribution in [3.63, 3.8) is 0 Å². The van der Waals surface area contributed by atoms with Gasteiger partial charge in [0, 0.05) is 25.0 Å². The first-order valence-electron chi connectivity index (χ1n) is 6.79. The minimum Gasteiger partial charge on any atom is -0.395 e. The molecule has 0 amide bonds. The molecule has 0 saturated carbocycles. The molecule has 2 unspecified atom stereocenters. The average molecular weight is 265 g/mol. The molecule has 106 valence electrons. The van der Waals surface area contributed by atoms with Crippen molar-refractivity contribution in [2.45, 2.75) is 18.4 Å². The fraction of sp³-hybridized carbons (Fsp3) is 0.600. The van der Waals surface area contributed by atoms with Crippen LogP contribution in [0, 0.1) is 0 Å². The third-order valence-electron chi connectivity index (χ3n) is 3.82. The van der Waals surface area contributed by atoms with E-state index in [2.05, 4.69) is 24.0 Å². The predicted molar refractivity (Wildman–Crippen MR) is 74.1 cm³/mol. The lowest BCUT2D eigenvalue weighted by Gasteiger charge is -2.38. The van der Waals surface area contributed by atoms with E-state index in [4.69, 9.17) is 4.74 Å². The Morgan fingerprint density at radius 1 is 1.32 bits per heavy atom. The van der Waals surface area contributed by atoms with E-state index in [-0.39, 0.29) is 24.7 Å². The summed E-state index contributed by atoms with van der Waals surface area (Å²) in [6.07, 6.45) is -0.104. The van der Waals surface area contributed by atoms with Crippen LogP contribution in [0.2, 0.25) is 0 Å². The van der Waals surface area contributed by atoms with Crippen molar-refractivity contribution >= 4 is 0 Å². The second-order valence-corrected chi connectivity index (χ2v) is 5.50. The number of aliphatic hydroxyl groups is 2. The SMILES string of the molecule is CC(CO)(CN1CCOC(CO)C1)c1ccccc1. The van der Waals surface area contributed by atoms with Gasteiger partial charge in [0.2, 0.25) is 0 Å². The van der Waals surface area contributed by atoms with E-state index in [0.717, 1.165) is 25.2 Å². The lowest BCUT2D eigenvalue weighted by molar-refractivity contribution is -0.0593. The molecule has 1 aliphatic rings. The molecule has 1 heterocycles. The molecule has 1 aromatic carbocycles. The average Bonchev–Trinajstić information content (AvgIpc) is 2.48. The Labute approximate surface area is 114 Å². The molecule has 1 saturated heterocycles. The molecule has 0 aromatic heterocycles. The van der Waals surface area contributed by atoms with Crippen molar-refractivity contribution in [3.05, 3.63) is 35.9 Å². The topological polar surface area (TPSA) is 52.9 Å². The summed E-state index contributed by atoms with van der Waals surface area (Å²) in [7, 11) is 0. The largest absolute Gasteiger partial charge is 0.395 e. The summed E-state index contributed by atoms with van der Waals surface area (Å²) in [5.74, 6) is 0. The zero-order chi connectivity index (χ0) is 13.7. The highest BCUT2D eigenvalue weighted by atomic mass is 16.5. The number of nitrogens with zero attached hydrogens (tertiary/aromatic N) is 1. The van der Waals surface area contributed by atoms with E-state index < -0.39 is 0 Å². The molecule has 4 nitrogen and oxygen atoms in total. The first-order chi connectivity index (χ1) is 9.18. The summed E-state index contributed by atoms with van der Waals surface area (Å²) in [6, 6.07) is 10.1. The Kier molecular flexibility index (Phi) is 4.93. The Morgan fingerprint density at radius 3 is 2.68 bits per heavy atom. The van der Waals surface area contributed by atoms with E-state index in [1.807, 2.05) is 18.2 Å². The molecule has 0 aliphatic carbocycles. The van der Waals surface area contributed by atoms with Crippen LogP contribution in [0.5, 0.6) is 0 Å². The number of ether oxygens (including phenoxy) is 1. The monoisotopic (exact) mass is 265 g/mol. The molecule has 0 spiro atoms. The van der Waals surface area contributed by atoms with Gasteiger partial charge in [-0.3, -0.25) is 4.90 Å². The van der Waals surface area contributed by atoms with Gasteiger partial charge in [-0.05, 0) is 5.56 Å². The van der Waals surface area contributed by atoms with E-state index in [1.54, 1.807) is 0 Å². The van der Waals surface area contributed by atoms with Gasteiger partial charge in [0.25, 0.3) is 0 Å². The zero-order valence-corrected chi connectivity index (χ0v) is 11.5.